The summed E-state index contributed by atoms with van der Waals surface area (Å²) in [5.74, 6) is 2.81. The zero-order valence-electron chi connectivity index (χ0n) is 17.1. The van der Waals surface area contributed by atoms with Crippen molar-refractivity contribution in [3.05, 3.63) is 48.3 Å². The molecule has 1 N–H and O–H groups in total. The van der Waals surface area contributed by atoms with Crippen molar-refractivity contribution in [3.63, 3.8) is 0 Å². The van der Waals surface area contributed by atoms with Gasteiger partial charge in [0.25, 0.3) is 0 Å². The molecule has 0 aliphatic rings. The molecule has 0 radical (unpaired) electrons. The van der Waals surface area contributed by atoms with Crippen molar-refractivity contribution in [3.8, 4) is 11.5 Å². The first-order chi connectivity index (χ1) is 14.2. The van der Waals surface area contributed by atoms with Crippen molar-refractivity contribution in [1.82, 2.24) is 9.55 Å². The van der Waals surface area contributed by atoms with Gasteiger partial charge < -0.3 is 19.4 Å². The number of carbonyl (C=O) groups excluding carboxylic acids is 1. The average molecular weight is 414 g/mol. The Morgan fingerprint density at radius 3 is 2.83 bits per heavy atom. The Bertz CT molecular complexity index is 971. The van der Waals surface area contributed by atoms with Crippen LogP contribution in [0.5, 0.6) is 11.5 Å². The molecule has 1 amide bonds. The van der Waals surface area contributed by atoms with Crippen molar-refractivity contribution in [2.24, 2.45) is 0 Å². The van der Waals surface area contributed by atoms with Crippen LogP contribution >= 0.6 is 11.8 Å². The number of nitrogens with zero attached hydrogens (tertiary/aromatic N) is 2. The molecule has 29 heavy (non-hydrogen) atoms. The third kappa shape index (κ3) is 5.23. The maximum atomic E-state index is 12.9. The number of benzene rings is 2. The minimum Gasteiger partial charge on any atom is -0.497 e. The number of amides is 1. The van der Waals surface area contributed by atoms with E-state index in [-0.39, 0.29) is 12.5 Å². The van der Waals surface area contributed by atoms with E-state index in [0.717, 1.165) is 35.5 Å². The van der Waals surface area contributed by atoms with E-state index >= 15 is 0 Å². The average Bonchev–Trinajstić information content (AvgIpc) is 3.06. The predicted octanol–water partition coefficient (Wildman–Crippen LogP) is 4.73. The Balaban J connectivity index is 1.82. The molecule has 0 spiro atoms. The summed E-state index contributed by atoms with van der Waals surface area (Å²) in [6, 6.07) is 13.3. The number of ether oxygens (including phenoxy) is 2. The third-order valence-electron chi connectivity index (χ3n) is 4.53. The van der Waals surface area contributed by atoms with E-state index in [1.807, 2.05) is 47.2 Å². The summed E-state index contributed by atoms with van der Waals surface area (Å²) in [6.45, 7) is 2.90. The normalized spacial score (nSPS) is 10.9. The number of hydrogen-bond donors (Lipinski definition) is 1. The van der Waals surface area contributed by atoms with Gasteiger partial charge in [-0.2, -0.15) is 11.8 Å². The molecule has 0 saturated carbocycles. The van der Waals surface area contributed by atoms with Crippen molar-refractivity contribution in [2.75, 3.05) is 25.3 Å². The van der Waals surface area contributed by atoms with E-state index in [9.17, 15) is 4.79 Å². The van der Waals surface area contributed by atoms with Gasteiger partial charge in [0.1, 0.15) is 23.9 Å². The molecule has 6 nitrogen and oxygen atoms in total. The van der Waals surface area contributed by atoms with Gasteiger partial charge in [0, 0.05) is 6.07 Å². The fourth-order valence-corrected chi connectivity index (χ4v) is 3.54. The molecule has 1 heterocycles. The molecule has 0 aliphatic heterocycles. The minimum atomic E-state index is -0.135. The van der Waals surface area contributed by atoms with E-state index in [2.05, 4.69) is 17.2 Å². The second-order valence-electron chi connectivity index (χ2n) is 6.65. The number of methoxy groups -OCH3 is 1. The van der Waals surface area contributed by atoms with Gasteiger partial charge in [0.2, 0.25) is 5.91 Å². The van der Waals surface area contributed by atoms with Crippen molar-refractivity contribution in [2.45, 2.75) is 32.1 Å². The highest BCUT2D eigenvalue weighted by atomic mass is 32.2. The summed E-state index contributed by atoms with van der Waals surface area (Å²) < 4.78 is 13.1. The number of aromatic nitrogens is 2. The number of unbranched alkanes of at least 4 members (excludes halogenated alkanes) is 1. The SMILES string of the molecule is CCCCOc1ccc(OC)cc1NC(=O)Cn1c(CSC)nc2ccccc21. The van der Waals surface area contributed by atoms with Gasteiger partial charge in [-0.1, -0.05) is 25.5 Å². The third-order valence-corrected chi connectivity index (χ3v) is 5.07. The zero-order valence-corrected chi connectivity index (χ0v) is 17.9. The zero-order chi connectivity index (χ0) is 20.6. The first kappa shape index (κ1) is 21.0. The smallest absolute Gasteiger partial charge is 0.244 e. The maximum absolute atomic E-state index is 12.9. The molecule has 7 heteroatoms. The minimum absolute atomic E-state index is 0.135. The largest absolute Gasteiger partial charge is 0.497 e. The van der Waals surface area contributed by atoms with Crippen LogP contribution in [0.4, 0.5) is 5.69 Å². The molecule has 3 aromatic rings. The van der Waals surface area contributed by atoms with Crippen LogP contribution in [0.3, 0.4) is 0 Å². The number of anilines is 1. The van der Waals surface area contributed by atoms with Gasteiger partial charge in [-0.25, -0.2) is 4.98 Å². The molecule has 0 fully saturated rings. The highest BCUT2D eigenvalue weighted by molar-refractivity contribution is 7.97. The van der Waals surface area contributed by atoms with Crippen LogP contribution in [0.1, 0.15) is 25.6 Å². The number of fused-ring (bicyclic) bond motifs is 1. The van der Waals surface area contributed by atoms with E-state index < -0.39 is 0 Å². The number of imidazole rings is 1. The number of hydrogen-bond acceptors (Lipinski definition) is 5. The van der Waals surface area contributed by atoms with Crippen LogP contribution in [0.2, 0.25) is 0 Å². The molecule has 0 saturated heterocycles. The lowest BCUT2D eigenvalue weighted by molar-refractivity contribution is -0.116. The van der Waals surface area contributed by atoms with E-state index in [1.165, 1.54) is 0 Å². The first-order valence-corrected chi connectivity index (χ1v) is 11.1. The fourth-order valence-electron chi connectivity index (χ4n) is 3.06. The standard InChI is InChI=1S/C22H27N3O3S/c1-4-5-12-28-20-11-10-16(27-2)13-18(20)24-22(26)14-25-19-9-7-6-8-17(19)23-21(25)15-29-3/h6-11,13H,4-5,12,14-15H2,1-3H3,(H,24,26). The van der Waals surface area contributed by atoms with E-state index in [4.69, 9.17) is 9.47 Å². The van der Waals surface area contributed by atoms with Gasteiger partial charge in [-0.05, 0) is 36.9 Å². The second-order valence-corrected chi connectivity index (χ2v) is 7.51. The van der Waals surface area contributed by atoms with Crippen molar-refractivity contribution < 1.29 is 14.3 Å². The predicted molar refractivity (Wildman–Crippen MR) is 119 cm³/mol. The first-order valence-electron chi connectivity index (χ1n) is 9.70. The highest BCUT2D eigenvalue weighted by Crippen LogP contribution is 2.30. The Morgan fingerprint density at radius 1 is 1.24 bits per heavy atom. The molecule has 0 aliphatic carbocycles. The summed E-state index contributed by atoms with van der Waals surface area (Å²) >= 11 is 1.68. The van der Waals surface area contributed by atoms with Crippen LogP contribution in [0.25, 0.3) is 11.0 Å². The maximum Gasteiger partial charge on any atom is 0.244 e. The summed E-state index contributed by atoms with van der Waals surface area (Å²) in [7, 11) is 1.60. The lowest BCUT2D eigenvalue weighted by atomic mass is 10.2. The van der Waals surface area contributed by atoms with Crippen LogP contribution in [0.15, 0.2) is 42.5 Å². The summed E-state index contributed by atoms with van der Waals surface area (Å²) in [6.07, 6.45) is 4.03. The van der Waals surface area contributed by atoms with Gasteiger partial charge in [-0.3, -0.25) is 4.79 Å². The van der Waals surface area contributed by atoms with Gasteiger partial charge >= 0.3 is 0 Å². The number of para-hydroxylation sites is 2. The molecule has 154 valence electrons. The molecular weight excluding hydrogens is 386 g/mol. The summed E-state index contributed by atoms with van der Waals surface area (Å²) in [5.41, 5.74) is 2.47. The molecule has 2 aromatic carbocycles. The lowest BCUT2D eigenvalue weighted by Gasteiger charge is -2.15. The van der Waals surface area contributed by atoms with Crippen LogP contribution in [-0.2, 0) is 17.1 Å². The van der Waals surface area contributed by atoms with Gasteiger partial charge in [-0.15, -0.1) is 0 Å². The molecule has 0 bridgehead atoms. The number of rotatable bonds is 10. The molecular formula is C22H27N3O3S. The lowest BCUT2D eigenvalue weighted by Crippen LogP contribution is -2.20. The van der Waals surface area contributed by atoms with E-state index in [0.29, 0.717) is 23.8 Å². The molecule has 0 unspecified atom stereocenters. The summed E-state index contributed by atoms with van der Waals surface area (Å²) in [4.78, 5) is 17.6. The summed E-state index contributed by atoms with van der Waals surface area (Å²) in [5, 5.41) is 2.99. The quantitative estimate of drug-likeness (QED) is 0.487. The number of carbonyl (C=O) groups is 1. The van der Waals surface area contributed by atoms with Crippen molar-refractivity contribution in [1.29, 1.82) is 0 Å². The molecule has 0 atom stereocenters. The van der Waals surface area contributed by atoms with Crippen molar-refractivity contribution >= 4 is 34.4 Å². The van der Waals surface area contributed by atoms with Gasteiger partial charge in [0.15, 0.2) is 0 Å². The number of thioether (sulfide) groups is 1. The fraction of sp³-hybridized carbons (Fsp3) is 0.364. The Kier molecular flexibility index (Phi) is 7.41. The molecule has 1 aromatic heterocycles. The topological polar surface area (TPSA) is 65.4 Å². The highest BCUT2D eigenvalue weighted by Gasteiger charge is 2.15. The van der Waals surface area contributed by atoms with Crippen LogP contribution < -0.4 is 14.8 Å². The Morgan fingerprint density at radius 2 is 2.07 bits per heavy atom. The number of nitrogens with one attached hydrogen (secondary N) is 1. The molecule has 3 rings (SSSR count). The monoisotopic (exact) mass is 413 g/mol. The Hall–Kier alpha value is -2.67. The Labute approximate surface area is 175 Å². The van der Waals surface area contributed by atoms with E-state index in [1.54, 1.807) is 24.9 Å². The van der Waals surface area contributed by atoms with Gasteiger partial charge in [0.05, 0.1) is 36.2 Å². The van der Waals surface area contributed by atoms with Crippen LogP contribution in [-0.4, -0.2) is 35.4 Å². The second kappa shape index (κ2) is 10.2. The van der Waals surface area contributed by atoms with Crippen LogP contribution in [0, 0.1) is 0 Å².